The van der Waals surface area contributed by atoms with Gasteiger partial charge in [0.2, 0.25) is 5.88 Å². The molecule has 0 spiro atoms. The van der Waals surface area contributed by atoms with Gasteiger partial charge in [0, 0.05) is 5.57 Å². The van der Waals surface area contributed by atoms with Crippen LogP contribution in [0.3, 0.4) is 0 Å². The molecule has 3 heteroatoms. The van der Waals surface area contributed by atoms with Crippen LogP contribution in [0.15, 0.2) is 71.5 Å². The summed E-state index contributed by atoms with van der Waals surface area (Å²) >= 11 is 0. The zero-order valence-electron chi connectivity index (χ0n) is 9.45. The SMILES string of the molecule is C=CC(=C)/C(C1=C=C=CC=C1)=C1/NOCCO1. The third-order valence-electron chi connectivity index (χ3n) is 2.31. The van der Waals surface area contributed by atoms with Crippen molar-refractivity contribution in [3.05, 3.63) is 71.5 Å². The lowest BCUT2D eigenvalue weighted by Crippen LogP contribution is -2.28. The second-order valence-electron chi connectivity index (χ2n) is 3.44. The third kappa shape index (κ3) is 2.49. The van der Waals surface area contributed by atoms with Gasteiger partial charge in [-0.05, 0) is 17.7 Å². The second kappa shape index (κ2) is 5.24. The molecule has 0 radical (unpaired) electrons. The maximum Gasteiger partial charge on any atom is 0.220 e. The van der Waals surface area contributed by atoms with Gasteiger partial charge < -0.3 is 4.74 Å². The number of nitrogens with one attached hydrogen (secondary N) is 1. The van der Waals surface area contributed by atoms with E-state index < -0.39 is 0 Å². The Morgan fingerprint density at radius 3 is 2.94 bits per heavy atom. The number of allylic oxidation sites excluding steroid dienone is 7. The lowest BCUT2D eigenvalue weighted by atomic mass is 9.98. The van der Waals surface area contributed by atoms with E-state index in [0.717, 1.165) is 16.7 Å². The second-order valence-corrected chi connectivity index (χ2v) is 3.44. The van der Waals surface area contributed by atoms with Gasteiger partial charge in [-0.1, -0.05) is 36.8 Å². The normalized spacial score (nSPS) is 20.1. The average Bonchev–Trinajstić information content (AvgIpc) is 2.41. The standard InChI is InChI=1S/C14H13NO2/c1-3-11(2)13(12-7-5-4-6-8-12)14-15-17-10-9-16-14/h3-5,7,15H,1-2,9-10H2/b14-13+. The highest BCUT2D eigenvalue weighted by molar-refractivity contribution is 5.56. The largest absolute Gasteiger partial charge is 0.475 e. The van der Waals surface area contributed by atoms with Gasteiger partial charge in [0.05, 0.1) is 5.57 Å². The highest BCUT2D eigenvalue weighted by Gasteiger charge is 2.17. The fraction of sp³-hybridized carbons (Fsp3) is 0.143. The summed E-state index contributed by atoms with van der Waals surface area (Å²) in [5.74, 6) is 0.539. The van der Waals surface area contributed by atoms with Gasteiger partial charge in [0.25, 0.3) is 0 Å². The van der Waals surface area contributed by atoms with Crippen molar-refractivity contribution >= 4 is 0 Å². The minimum Gasteiger partial charge on any atom is -0.475 e. The summed E-state index contributed by atoms with van der Waals surface area (Å²) in [4.78, 5) is 5.15. The molecule has 1 N–H and O–H groups in total. The summed E-state index contributed by atoms with van der Waals surface area (Å²) in [6.45, 7) is 8.68. The first-order valence-electron chi connectivity index (χ1n) is 5.28. The smallest absolute Gasteiger partial charge is 0.220 e. The van der Waals surface area contributed by atoms with Gasteiger partial charge >= 0.3 is 0 Å². The number of hydrogen-bond acceptors (Lipinski definition) is 3. The summed E-state index contributed by atoms with van der Waals surface area (Å²) in [6, 6.07) is 0. The van der Waals surface area contributed by atoms with Crippen LogP contribution in [-0.2, 0) is 9.57 Å². The van der Waals surface area contributed by atoms with E-state index >= 15 is 0 Å². The summed E-state index contributed by atoms with van der Waals surface area (Å²) in [5.41, 5.74) is 11.0. The molecule has 1 saturated heterocycles. The predicted molar refractivity (Wildman–Crippen MR) is 65.7 cm³/mol. The number of rotatable bonds is 3. The maximum absolute atomic E-state index is 5.52. The first kappa shape index (κ1) is 11.3. The molecule has 0 saturated carbocycles. The van der Waals surface area contributed by atoms with Crippen molar-refractivity contribution in [1.82, 2.24) is 5.48 Å². The minimum absolute atomic E-state index is 0.507. The quantitative estimate of drug-likeness (QED) is 0.592. The summed E-state index contributed by atoms with van der Waals surface area (Å²) < 4.78 is 5.52. The highest BCUT2D eigenvalue weighted by atomic mass is 16.7. The van der Waals surface area contributed by atoms with Gasteiger partial charge in [-0.2, -0.15) is 0 Å². The van der Waals surface area contributed by atoms with Crippen LogP contribution in [0, 0.1) is 0 Å². The molecule has 1 aliphatic heterocycles. The Morgan fingerprint density at radius 2 is 2.35 bits per heavy atom. The van der Waals surface area contributed by atoms with Gasteiger partial charge in [-0.3, -0.25) is 4.84 Å². The van der Waals surface area contributed by atoms with Crippen molar-refractivity contribution in [1.29, 1.82) is 0 Å². The summed E-state index contributed by atoms with van der Waals surface area (Å²) in [7, 11) is 0. The summed E-state index contributed by atoms with van der Waals surface area (Å²) in [5, 5.41) is 0. The fourth-order valence-corrected chi connectivity index (χ4v) is 1.50. The van der Waals surface area contributed by atoms with Crippen molar-refractivity contribution < 1.29 is 9.57 Å². The average molecular weight is 227 g/mol. The van der Waals surface area contributed by atoms with Crippen LogP contribution >= 0.6 is 0 Å². The molecule has 17 heavy (non-hydrogen) atoms. The first-order valence-corrected chi connectivity index (χ1v) is 5.28. The highest BCUT2D eigenvalue weighted by Crippen LogP contribution is 2.24. The number of hydroxylamine groups is 1. The fourth-order valence-electron chi connectivity index (χ4n) is 1.50. The van der Waals surface area contributed by atoms with Gasteiger partial charge in [0.15, 0.2) is 0 Å². The van der Waals surface area contributed by atoms with E-state index in [2.05, 4.69) is 30.1 Å². The van der Waals surface area contributed by atoms with E-state index in [9.17, 15) is 0 Å². The van der Waals surface area contributed by atoms with Gasteiger partial charge in [0.1, 0.15) is 13.2 Å². The van der Waals surface area contributed by atoms with E-state index in [0.29, 0.717) is 19.1 Å². The lowest BCUT2D eigenvalue weighted by molar-refractivity contribution is -0.0581. The molecule has 1 aliphatic carbocycles. The Kier molecular flexibility index (Phi) is 3.49. The Balaban J connectivity index is 2.48. The van der Waals surface area contributed by atoms with Crippen LogP contribution in [0.2, 0.25) is 0 Å². The van der Waals surface area contributed by atoms with E-state index in [1.165, 1.54) is 0 Å². The Labute approximate surface area is 100 Å². The molecular formula is C14H13NO2. The van der Waals surface area contributed by atoms with Crippen molar-refractivity contribution in [2.45, 2.75) is 0 Å². The van der Waals surface area contributed by atoms with Crippen molar-refractivity contribution in [3.8, 4) is 0 Å². The van der Waals surface area contributed by atoms with Crippen LogP contribution in [0.4, 0.5) is 0 Å². The van der Waals surface area contributed by atoms with Crippen LogP contribution in [0.5, 0.6) is 0 Å². The molecule has 0 bridgehead atoms. The van der Waals surface area contributed by atoms with Crippen molar-refractivity contribution in [2.75, 3.05) is 13.2 Å². The van der Waals surface area contributed by atoms with E-state index in [1.807, 2.05) is 12.2 Å². The lowest BCUT2D eigenvalue weighted by Gasteiger charge is -2.22. The van der Waals surface area contributed by atoms with Crippen LogP contribution in [-0.4, -0.2) is 13.2 Å². The zero-order chi connectivity index (χ0) is 12.1. The molecular weight excluding hydrogens is 214 g/mol. The van der Waals surface area contributed by atoms with E-state index in [-0.39, 0.29) is 0 Å². The maximum atomic E-state index is 5.52. The van der Waals surface area contributed by atoms with Gasteiger partial charge in [-0.15, -0.1) is 0 Å². The molecule has 0 aromatic rings. The van der Waals surface area contributed by atoms with Crippen molar-refractivity contribution in [2.24, 2.45) is 0 Å². The molecule has 1 heterocycles. The molecule has 0 atom stereocenters. The van der Waals surface area contributed by atoms with E-state index in [1.54, 1.807) is 12.2 Å². The first-order chi connectivity index (χ1) is 8.33. The predicted octanol–water partition coefficient (Wildman–Crippen LogP) is 2.30. The summed E-state index contributed by atoms with van der Waals surface area (Å²) in [6.07, 6.45) is 7.25. The van der Waals surface area contributed by atoms with E-state index in [4.69, 9.17) is 9.57 Å². The molecule has 2 rings (SSSR count). The molecule has 86 valence electrons. The Morgan fingerprint density at radius 1 is 1.47 bits per heavy atom. The van der Waals surface area contributed by atoms with Crippen LogP contribution in [0.25, 0.3) is 0 Å². The van der Waals surface area contributed by atoms with Gasteiger partial charge in [-0.25, -0.2) is 5.48 Å². The van der Waals surface area contributed by atoms with Crippen molar-refractivity contribution in [3.63, 3.8) is 0 Å². The topological polar surface area (TPSA) is 30.5 Å². The monoisotopic (exact) mass is 227 g/mol. The van der Waals surface area contributed by atoms with Crippen LogP contribution in [0.1, 0.15) is 0 Å². The zero-order valence-corrected chi connectivity index (χ0v) is 9.45. The third-order valence-corrected chi connectivity index (χ3v) is 2.31. The number of hydrogen-bond donors (Lipinski definition) is 1. The molecule has 3 nitrogen and oxygen atoms in total. The molecule has 1 fully saturated rings. The molecule has 0 aromatic heterocycles. The molecule has 0 unspecified atom stereocenters. The molecule has 0 aromatic carbocycles. The Bertz CT molecular complexity index is 502. The Hall–Kier alpha value is -2.18. The molecule has 2 aliphatic rings. The number of ether oxygens (including phenoxy) is 1. The molecule has 0 amide bonds. The minimum atomic E-state index is 0.507. The van der Waals surface area contributed by atoms with Crippen LogP contribution < -0.4 is 5.48 Å².